The standard InChI is InChI=1S/C18H17N3O3/c1-2-9-22-14-7-5-13(6-8-14)17-21-16(11-19)18(24-17)20-12-15-4-3-10-23-15/h3-8,10,20H,2,9,12H2,1H3. The van der Waals surface area contributed by atoms with Crippen molar-refractivity contribution >= 4 is 5.88 Å². The quantitative estimate of drug-likeness (QED) is 0.701. The van der Waals surface area contributed by atoms with Crippen molar-refractivity contribution in [3.63, 3.8) is 0 Å². The normalized spacial score (nSPS) is 10.3. The van der Waals surface area contributed by atoms with Gasteiger partial charge in [0.25, 0.3) is 0 Å². The number of anilines is 1. The van der Waals surface area contributed by atoms with Crippen LogP contribution in [0.1, 0.15) is 24.8 Å². The maximum absolute atomic E-state index is 9.22. The third-order valence-corrected chi connectivity index (χ3v) is 3.31. The highest BCUT2D eigenvalue weighted by molar-refractivity contribution is 5.59. The molecule has 0 bridgehead atoms. The molecule has 0 aliphatic heterocycles. The first-order valence-corrected chi connectivity index (χ1v) is 7.70. The van der Waals surface area contributed by atoms with Crippen LogP contribution in [0.3, 0.4) is 0 Å². The fraction of sp³-hybridized carbons (Fsp3) is 0.222. The Hall–Kier alpha value is -3.20. The van der Waals surface area contributed by atoms with Crippen LogP contribution in [0.2, 0.25) is 0 Å². The topological polar surface area (TPSA) is 84.2 Å². The van der Waals surface area contributed by atoms with Gasteiger partial charge in [0.1, 0.15) is 17.6 Å². The Labute approximate surface area is 139 Å². The number of rotatable bonds is 7. The van der Waals surface area contributed by atoms with Crippen molar-refractivity contribution in [2.45, 2.75) is 19.9 Å². The second-order valence-electron chi connectivity index (χ2n) is 5.11. The van der Waals surface area contributed by atoms with E-state index in [0.29, 0.717) is 24.9 Å². The number of nitrogens with zero attached hydrogens (tertiary/aromatic N) is 2. The van der Waals surface area contributed by atoms with Crippen molar-refractivity contribution in [2.75, 3.05) is 11.9 Å². The molecule has 2 aromatic heterocycles. The molecule has 24 heavy (non-hydrogen) atoms. The molecule has 0 amide bonds. The summed E-state index contributed by atoms with van der Waals surface area (Å²) in [4.78, 5) is 4.23. The molecule has 0 aliphatic carbocycles. The number of hydrogen-bond acceptors (Lipinski definition) is 6. The number of aromatic nitrogens is 1. The SMILES string of the molecule is CCCOc1ccc(-c2nc(C#N)c(NCc3ccco3)o2)cc1. The van der Waals surface area contributed by atoms with Gasteiger partial charge in [0, 0.05) is 5.56 Å². The number of furan rings is 1. The van der Waals surface area contributed by atoms with Crippen molar-refractivity contribution in [3.05, 3.63) is 54.1 Å². The van der Waals surface area contributed by atoms with Crippen LogP contribution in [0.25, 0.3) is 11.5 Å². The summed E-state index contributed by atoms with van der Waals surface area (Å²) in [5, 5.41) is 12.2. The zero-order valence-electron chi connectivity index (χ0n) is 13.3. The van der Waals surface area contributed by atoms with Gasteiger partial charge in [-0.05, 0) is 42.8 Å². The minimum absolute atomic E-state index is 0.211. The fourth-order valence-electron chi connectivity index (χ4n) is 2.13. The minimum atomic E-state index is 0.211. The molecule has 0 spiro atoms. The Balaban J connectivity index is 1.75. The van der Waals surface area contributed by atoms with E-state index in [1.165, 1.54) is 0 Å². The molecule has 2 heterocycles. The van der Waals surface area contributed by atoms with Crippen molar-refractivity contribution in [1.82, 2.24) is 4.98 Å². The minimum Gasteiger partial charge on any atom is -0.494 e. The van der Waals surface area contributed by atoms with Crippen LogP contribution >= 0.6 is 0 Å². The van der Waals surface area contributed by atoms with Crippen LogP contribution in [0.5, 0.6) is 5.75 Å². The predicted molar refractivity (Wildman–Crippen MR) is 88.5 cm³/mol. The Morgan fingerprint density at radius 1 is 1.25 bits per heavy atom. The monoisotopic (exact) mass is 323 g/mol. The van der Waals surface area contributed by atoms with Gasteiger partial charge in [-0.2, -0.15) is 10.2 Å². The third kappa shape index (κ3) is 3.58. The average Bonchev–Trinajstić information content (AvgIpc) is 3.28. The Morgan fingerprint density at radius 3 is 2.75 bits per heavy atom. The zero-order chi connectivity index (χ0) is 16.8. The van der Waals surface area contributed by atoms with Gasteiger partial charge in [-0.25, -0.2) is 0 Å². The van der Waals surface area contributed by atoms with Crippen molar-refractivity contribution < 1.29 is 13.6 Å². The highest BCUT2D eigenvalue weighted by Gasteiger charge is 2.14. The van der Waals surface area contributed by atoms with Crippen LogP contribution in [-0.4, -0.2) is 11.6 Å². The fourth-order valence-corrected chi connectivity index (χ4v) is 2.13. The molecule has 6 heteroatoms. The van der Waals surface area contributed by atoms with E-state index >= 15 is 0 Å². The van der Waals surface area contributed by atoms with Gasteiger partial charge in [-0.3, -0.25) is 0 Å². The van der Waals surface area contributed by atoms with Crippen LogP contribution < -0.4 is 10.1 Å². The average molecular weight is 323 g/mol. The zero-order valence-corrected chi connectivity index (χ0v) is 13.3. The first kappa shape index (κ1) is 15.7. The summed E-state index contributed by atoms with van der Waals surface area (Å²) in [5.74, 6) is 2.25. The summed E-state index contributed by atoms with van der Waals surface area (Å²) in [6.07, 6.45) is 2.55. The smallest absolute Gasteiger partial charge is 0.232 e. The molecule has 0 saturated heterocycles. The molecule has 1 N–H and O–H groups in total. The van der Waals surface area contributed by atoms with Gasteiger partial charge in [0.05, 0.1) is 19.4 Å². The van der Waals surface area contributed by atoms with E-state index in [4.69, 9.17) is 13.6 Å². The van der Waals surface area contributed by atoms with E-state index in [2.05, 4.69) is 17.2 Å². The molecule has 0 aliphatic rings. The number of nitriles is 1. The van der Waals surface area contributed by atoms with E-state index in [9.17, 15) is 5.26 Å². The van der Waals surface area contributed by atoms with E-state index in [1.54, 1.807) is 12.3 Å². The van der Waals surface area contributed by atoms with Crippen molar-refractivity contribution in [3.8, 4) is 23.3 Å². The maximum atomic E-state index is 9.22. The number of hydrogen-bond donors (Lipinski definition) is 1. The van der Waals surface area contributed by atoms with E-state index < -0.39 is 0 Å². The molecule has 0 unspecified atom stereocenters. The number of benzene rings is 1. The van der Waals surface area contributed by atoms with E-state index in [-0.39, 0.29) is 5.69 Å². The Bertz CT molecular complexity index is 814. The molecule has 0 atom stereocenters. The highest BCUT2D eigenvalue weighted by atomic mass is 16.5. The third-order valence-electron chi connectivity index (χ3n) is 3.31. The maximum Gasteiger partial charge on any atom is 0.232 e. The highest BCUT2D eigenvalue weighted by Crippen LogP contribution is 2.27. The van der Waals surface area contributed by atoms with Gasteiger partial charge in [0.15, 0.2) is 0 Å². The molecule has 0 radical (unpaired) electrons. The molecular weight excluding hydrogens is 306 g/mol. The predicted octanol–water partition coefficient (Wildman–Crippen LogP) is 4.21. The second kappa shape index (κ2) is 7.38. The van der Waals surface area contributed by atoms with E-state index in [0.717, 1.165) is 23.5 Å². The molecule has 3 aromatic rings. The van der Waals surface area contributed by atoms with Crippen LogP contribution in [-0.2, 0) is 6.54 Å². The number of oxazole rings is 1. The number of nitrogens with one attached hydrogen (secondary N) is 1. The molecule has 6 nitrogen and oxygen atoms in total. The van der Waals surface area contributed by atoms with Gasteiger partial charge in [0.2, 0.25) is 17.5 Å². The first-order valence-electron chi connectivity index (χ1n) is 7.70. The lowest BCUT2D eigenvalue weighted by atomic mass is 10.2. The molecule has 1 aromatic carbocycles. The largest absolute Gasteiger partial charge is 0.494 e. The summed E-state index contributed by atoms with van der Waals surface area (Å²) in [5.41, 5.74) is 0.990. The summed E-state index contributed by atoms with van der Waals surface area (Å²) < 4.78 is 16.5. The van der Waals surface area contributed by atoms with Gasteiger partial charge < -0.3 is 18.9 Å². The van der Waals surface area contributed by atoms with E-state index in [1.807, 2.05) is 36.4 Å². The van der Waals surface area contributed by atoms with Gasteiger partial charge in [-0.15, -0.1) is 0 Å². The van der Waals surface area contributed by atoms with Crippen molar-refractivity contribution in [1.29, 1.82) is 5.26 Å². The molecular formula is C18H17N3O3. The van der Waals surface area contributed by atoms with Gasteiger partial charge in [-0.1, -0.05) is 6.92 Å². The second-order valence-corrected chi connectivity index (χ2v) is 5.11. The lowest BCUT2D eigenvalue weighted by Crippen LogP contribution is -1.98. The van der Waals surface area contributed by atoms with Crippen LogP contribution in [0.4, 0.5) is 5.88 Å². The summed E-state index contributed by atoms with van der Waals surface area (Å²) in [7, 11) is 0. The number of ether oxygens (including phenoxy) is 1. The molecule has 0 fully saturated rings. The molecule has 3 rings (SSSR count). The van der Waals surface area contributed by atoms with Gasteiger partial charge >= 0.3 is 0 Å². The summed E-state index contributed by atoms with van der Waals surface area (Å²) >= 11 is 0. The lowest BCUT2D eigenvalue weighted by Gasteiger charge is -2.04. The first-order chi connectivity index (χ1) is 11.8. The Kier molecular flexibility index (Phi) is 4.82. The molecule has 0 saturated carbocycles. The van der Waals surface area contributed by atoms with Crippen molar-refractivity contribution in [2.24, 2.45) is 0 Å². The summed E-state index contributed by atoms with van der Waals surface area (Å²) in [6, 6.07) is 13.1. The van der Waals surface area contributed by atoms with Crippen LogP contribution in [0.15, 0.2) is 51.5 Å². The molecule has 122 valence electrons. The summed E-state index contributed by atoms with van der Waals surface area (Å²) in [6.45, 7) is 3.15. The lowest BCUT2D eigenvalue weighted by molar-refractivity contribution is 0.317. The Morgan fingerprint density at radius 2 is 2.08 bits per heavy atom. The van der Waals surface area contributed by atoms with Crippen LogP contribution in [0, 0.1) is 11.3 Å².